The molecule has 0 saturated carbocycles. The van der Waals surface area contributed by atoms with Crippen molar-refractivity contribution in [3.63, 3.8) is 0 Å². The number of anilines is 1. The maximum Gasteiger partial charge on any atom is 0.255 e. The summed E-state index contributed by atoms with van der Waals surface area (Å²) in [7, 11) is 0. The highest BCUT2D eigenvalue weighted by atomic mass is 16.2. The number of nitrogens with one attached hydrogen (secondary N) is 2. The number of benzene rings is 2. The van der Waals surface area contributed by atoms with Gasteiger partial charge in [0.2, 0.25) is 0 Å². The SMILES string of the molecule is O=C(Nc1ccc(-c2cncnc2)c2c1C(=O)NC2)c1ccccc1. The van der Waals surface area contributed by atoms with Gasteiger partial charge in [-0.25, -0.2) is 9.97 Å². The molecule has 0 saturated heterocycles. The fourth-order valence-electron chi connectivity index (χ4n) is 2.94. The number of carbonyl (C=O) groups is 2. The van der Waals surface area contributed by atoms with Gasteiger partial charge in [-0.05, 0) is 29.3 Å². The van der Waals surface area contributed by atoms with Gasteiger partial charge in [0.05, 0.1) is 11.3 Å². The van der Waals surface area contributed by atoms with E-state index in [1.165, 1.54) is 6.33 Å². The lowest BCUT2D eigenvalue weighted by atomic mass is 9.97. The van der Waals surface area contributed by atoms with E-state index in [1.807, 2.05) is 12.1 Å². The quantitative estimate of drug-likeness (QED) is 0.773. The Labute approximate surface area is 143 Å². The molecule has 2 heterocycles. The fourth-order valence-corrected chi connectivity index (χ4v) is 2.94. The Morgan fingerprint density at radius 1 is 1.04 bits per heavy atom. The smallest absolute Gasteiger partial charge is 0.255 e. The summed E-state index contributed by atoms with van der Waals surface area (Å²) in [6, 6.07) is 12.5. The lowest BCUT2D eigenvalue weighted by Gasteiger charge is -2.12. The summed E-state index contributed by atoms with van der Waals surface area (Å²) >= 11 is 0. The number of aromatic nitrogens is 2. The second kappa shape index (κ2) is 6.16. The van der Waals surface area contributed by atoms with Gasteiger partial charge in [-0.2, -0.15) is 0 Å². The van der Waals surface area contributed by atoms with Crippen LogP contribution in [-0.4, -0.2) is 21.8 Å². The zero-order valence-corrected chi connectivity index (χ0v) is 13.2. The second-order valence-electron chi connectivity index (χ2n) is 5.64. The van der Waals surface area contributed by atoms with Crippen LogP contribution in [0.5, 0.6) is 0 Å². The van der Waals surface area contributed by atoms with E-state index in [0.717, 1.165) is 16.7 Å². The third-order valence-electron chi connectivity index (χ3n) is 4.12. The third kappa shape index (κ3) is 2.74. The van der Waals surface area contributed by atoms with Crippen LogP contribution in [0.25, 0.3) is 11.1 Å². The van der Waals surface area contributed by atoms with Crippen LogP contribution in [0.15, 0.2) is 61.2 Å². The van der Waals surface area contributed by atoms with Crippen LogP contribution in [0.4, 0.5) is 5.69 Å². The van der Waals surface area contributed by atoms with E-state index in [2.05, 4.69) is 20.6 Å². The Balaban J connectivity index is 1.74. The van der Waals surface area contributed by atoms with E-state index in [9.17, 15) is 9.59 Å². The molecule has 2 N–H and O–H groups in total. The first-order valence-corrected chi connectivity index (χ1v) is 7.80. The van der Waals surface area contributed by atoms with Crippen LogP contribution in [0, 0.1) is 0 Å². The molecule has 0 fully saturated rings. The Bertz CT molecular complexity index is 956. The molecule has 4 rings (SSSR count). The van der Waals surface area contributed by atoms with E-state index in [4.69, 9.17) is 0 Å². The lowest BCUT2D eigenvalue weighted by molar-refractivity contribution is 0.0966. The predicted molar refractivity (Wildman–Crippen MR) is 93.0 cm³/mol. The summed E-state index contributed by atoms with van der Waals surface area (Å²) in [5.41, 5.74) is 4.08. The van der Waals surface area contributed by atoms with E-state index in [1.54, 1.807) is 42.7 Å². The molecule has 2 amide bonds. The van der Waals surface area contributed by atoms with Crippen LogP contribution in [0.2, 0.25) is 0 Å². The number of fused-ring (bicyclic) bond motifs is 1. The molecule has 6 nitrogen and oxygen atoms in total. The summed E-state index contributed by atoms with van der Waals surface area (Å²) in [4.78, 5) is 32.8. The number of hydrogen-bond donors (Lipinski definition) is 2. The molecule has 0 unspecified atom stereocenters. The minimum Gasteiger partial charge on any atom is -0.348 e. The Kier molecular flexibility index (Phi) is 3.70. The number of nitrogens with zero attached hydrogens (tertiary/aromatic N) is 2. The molecule has 25 heavy (non-hydrogen) atoms. The average Bonchev–Trinajstić information content (AvgIpc) is 3.06. The maximum atomic E-state index is 12.4. The highest BCUT2D eigenvalue weighted by Gasteiger charge is 2.26. The van der Waals surface area contributed by atoms with Crippen LogP contribution in [0.3, 0.4) is 0 Å². The first kappa shape index (κ1) is 15.0. The highest BCUT2D eigenvalue weighted by molar-refractivity contribution is 6.11. The van der Waals surface area contributed by atoms with Gasteiger partial charge >= 0.3 is 0 Å². The normalized spacial score (nSPS) is 12.4. The standard InChI is InChI=1S/C19H14N4O2/c24-18(12-4-2-1-3-5-12)23-16-7-6-14(13-8-20-11-21-9-13)15-10-22-19(25)17(15)16/h1-9,11H,10H2,(H,22,25)(H,23,24). The van der Waals surface area contributed by atoms with Crippen molar-refractivity contribution in [3.8, 4) is 11.1 Å². The molecule has 1 aliphatic rings. The number of hydrogen-bond acceptors (Lipinski definition) is 4. The fraction of sp³-hybridized carbons (Fsp3) is 0.0526. The topological polar surface area (TPSA) is 84.0 Å². The van der Waals surface area contributed by atoms with Crippen molar-refractivity contribution in [2.24, 2.45) is 0 Å². The first-order chi connectivity index (χ1) is 12.2. The Morgan fingerprint density at radius 2 is 1.80 bits per heavy atom. The van der Waals surface area contributed by atoms with Crippen molar-refractivity contribution >= 4 is 17.5 Å². The number of rotatable bonds is 3. The van der Waals surface area contributed by atoms with E-state index in [0.29, 0.717) is 23.4 Å². The molecule has 0 bridgehead atoms. The van der Waals surface area contributed by atoms with Gasteiger partial charge in [-0.15, -0.1) is 0 Å². The van der Waals surface area contributed by atoms with E-state index >= 15 is 0 Å². The lowest BCUT2D eigenvalue weighted by Crippen LogP contribution is -2.17. The summed E-state index contributed by atoms with van der Waals surface area (Å²) in [6.45, 7) is 0.410. The summed E-state index contributed by atoms with van der Waals surface area (Å²) in [6.07, 6.45) is 4.86. The molecule has 122 valence electrons. The molecule has 0 radical (unpaired) electrons. The predicted octanol–water partition coefficient (Wildman–Crippen LogP) is 2.64. The van der Waals surface area contributed by atoms with E-state index < -0.39 is 0 Å². The average molecular weight is 330 g/mol. The maximum absolute atomic E-state index is 12.4. The molecule has 0 atom stereocenters. The van der Waals surface area contributed by atoms with Crippen LogP contribution >= 0.6 is 0 Å². The van der Waals surface area contributed by atoms with Gasteiger partial charge in [-0.1, -0.05) is 24.3 Å². The van der Waals surface area contributed by atoms with Crippen molar-refractivity contribution < 1.29 is 9.59 Å². The van der Waals surface area contributed by atoms with Gasteiger partial charge in [0.25, 0.3) is 11.8 Å². The summed E-state index contributed by atoms with van der Waals surface area (Å²) < 4.78 is 0. The van der Waals surface area contributed by atoms with Gasteiger partial charge in [0, 0.05) is 30.1 Å². The van der Waals surface area contributed by atoms with Gasteiger partial charge in [-0.3, -0.25) is 9.59 Å². The molecule has 1 aliphatic heterocycles. The van der Waals surface area contributed by atoms with Gasteiger partial charge < -0.3 is 10.6 Å². The zero-order chi connectivity index (χ0) is 17.2. The minimum absolute atomic E-state index is 0.197. The van der Waals surface area contributed by atoms with Crippen LogP contribution in [-0.2, 0) is 6.54 Å². The molecule has 2 aromatic carbocycles. The van der Waals surface area contributed by atoms with E-state index in [-0.39, 0.29) is 11.8 Å². The van der Waals surface area contributed by atoms with Crippen molar-refractivity contribution in [2.45, 2.75) is 6.54 Å². The molecular weight excluding hydrogens is 316 g/mol. The minimum atomic E-state index is -0.252. The second-order valence-corrected chi connectivity index (χ2v) is 5.64. The Morgan fingerprint density at radius 3 is 2.56 bits per heavy atom. The van der Waals surface area contributed by atoms with Crippen molar-refractivity contribution in [2.75, 3.05) is 5.32 Å². The van der Waals surface area contributed by atoms with Crippen molar-refractivity contribution in [3.05, 3.63) is 77.9 Å². The van der Waals surface area contributed by atoms with Crippen LogP contribution < -0.4 is 10.6 Å². The molecule has 6 heteroatoms. The van der Waals surface area contributed by atoms with Gasteiger partial charge in [0.1, 0.15) is 6.33 Å². The van der Waals surface area contributed by atoms with Crippen molar-refractivity contribution in [1.82, 2.24) is 15.3 Å². The molecule has 0 spiro atoms. The summed E-state index contributed by atoms with van der Waals surface area (Å²) in [5.74, 6) is -0.449. The monoisotopic (exact) mass is 330 g/mol. The zero-order valence-electron chi connectivity index (χ0n) is 13.2. The van der Waals surface area contributed by atoms with Crippen molar-refractivity contribution in [1.29, 1.82) is 0 Å². The van der Waals surface area contributed by atoms with Crippen LogP contribution in [0.1, 0.15) is 26.3 Å². The first-order valence-electron chi connectivity index (χ1n) is 7.80. The Hall–Kier alpha value is -3.54. The number of carbonyl (C=O) groups excluding carboxylic acids is 2. The molecule has 1 aromatic heterocycles. The molecule has 3 aromatic rings. The largest absolute Gasteiger partial charge is 0.348 e. The summed E-state index contributed by atoms with van der Waals surface area (Å²) in [5, 5.41) is 5.65. The molecule has 0 aliphatic carbocycles. The third-order valence-corrected chi connectivity index (χ3v) is 4.12. The number of amides is 2. The highest BCUT2D eigenvalue weighted by Crippen LogP contribution is 2.33. The molecular formula is C19H14N4O2. The van der Waals surface area contributed by atoms with Gasteiger partial charge in [0.15, 0.2) is 0 Å².